The molecule has 3 rings (SSSR count). The second-order valence-electron chi connectivity index (χ2n) is 8.19. The fraction of sp³-hybridized carbons (Fsp3) is 0.700. The molecule has 0 unspecified atom stereocenters. The number of aryl methyl sites for hydroxylation is 1. The van der Waals surface area contributed by atoms with Gasteiger partial charge in [0.15, 0.2) is 0 Å². The third kappa shape index (κ3) is 2.65. The Bertz CT molecular complexity index is 506. The molecule has 1 aromatic carbocycles. The van der Waals surface area contributed by atoms with Gasteiger partial charge in [0.05, 0.1) is 13.2 Å². The van der Waals surface area contributed by atoms with E-state index in [-0.39, 0.29) is 0 Å². The zero-order chi connectivity index (χ0) is 15.1. The molecule has 3 atom stereocenters. The highest BCUT2D eigenvalue weighted by molar-refractivity contribution is 5.24. The maximum absolute atomic E-state index is 6.13. The zero-order valence-electron chi connectivity index (χ0n) is 14.1. The van der Waals surface area contributed by atoms with Crippen molar-refractivity contribution in [1.29, 1.82) is 0 Å². The van der Waals surface area contributed by atoms with E-state index in [9.17, 15) is 0 Å². The van der Waals surface area contributed by atoms with Gasteiger partial charge in [-0.3, -0.25) is 0 Å². The minimum Gasteiger partial charge on any atom is -0.376 e. The Kier molecular flexibility index (Phi) is 3.90. The van der Waals surface area contributed by atoms with Crippen molar-refractivity contribution in [1.82, 2.24) is 0 Å². The maximum atomic E-state index is 6.13. The molecular weight excluding hydrogens is 256 g/mol. The van der Waals surface area contributed by atoms with Crippen LogP contribution in [-0.4, -0.2) is 6.61 Å². The fourth-order valence-corrected chi connectivity index (χ4v) is 4.85. The first kappa shape index (κ1) is 15.1. The smallest absolute Gasteiger partial charge is 0.0719 e. The van der Waals surface area contributed by atoms with Crippen LogP contribution in [-0.2, 0) is 11.3 Å². The van der Waals surface area contributed by atoms with Gasteiger partial charge < -0.3 is 4.74 Å². The highest BCUT2D eigenvalue weighted by atomic mass is 16.5. The number of benzene rings is 1. The van der Waals surface area contributed by atoms with Crippen LogP contribution < -0.4 is 0 Å². The molecule has 0 amide bonds. The summed E-state index contributed by atoms with van der Waals surface area (Å²) < 4.78 is 6.13. The quantitative estimate of drug-likeness (QED) is 0.707. The Morgan fingerprint density at radius 3 is 2.67 bits per heavy atom. The molecule has 2 aliphatic rings. The Labute approximate surface area is 130 Å². The van der Waals surface area contributed by atoms with Crippen molar-refractivity contribution in [2.24, 2.45) is 22.7 Å². The predicted molar refractivity (Wildman–Crippen MR) is 88.2 cm³/mol. The molecule has 2 saturated carbocycles. The molecule has 1 aromatic rings. The lowest BCUT2D eigenvalue weighted by molar-refractivity contribution is 0.0319. The van der Waals surface area contributed by atoms with E-state index in [1.54, 1.807) is 0 Å². The number of fused-ring (bicyclic) bond motifs is 2. The molecule has 0 radical (unpaired) electrons. The first-order valence-electron chi connectivity index (χ1n) is 8.57. The molecule has 21 heavy (non-hydrogen) atoms. The molecule has 0 saturated heterocycles. The second kappa shape index (κ2) is 5.43. The first-order chi connectivity index (χ1) is 9.95. The largest absolute Gasteiger partial charge is 0.376 e. The Hall–Kier alpha value is -0.820. The lowest BCUT2D eigenvalue weighted by atomic mass is 9.71. The van der Waals surface area contributed by atoms with Crippen molar-refractivity contribution in [2.75, 3.05) is 6.61 Å². The summed E-state index contributed by atoms with van der Waals surface area (Å²) >= 11 is 0. The molecule has 1 nitrogen and oxygen atoms in total. The summed E-state index contributed by atoms with van der Waals surface area (Å²) in [6.07, 6.45) is 5.66. The van der Waals surface area contributed by atoms with Crippen molar-refractivity contribution in [3.05, 3.63) is 35.4 Å². The van der Waals surface area contributed by atoms with E-state index < -0.39 is 0 Å². The summed E-state index contributed by atoms with van der Waals surface area (Å²) in [6, 6.07) is 8.57. The molecule has 0 heterocycles. The number of ether oxygens (including phenoxy) is 1. The maximum Gasteiger partial charge on any atom is 0.0719 e. The number of hydrogen-bond acceptors (Lipinski definition) is 1. The molecule has 116 valence electrons. The van der Waals surface area contributed by atoms with Crippen LogP contribution in [0.1, 0.15) is 57.6 Å². The molecule has 0 N–H and O–H groups in total. The van der Waals surface area contributed by atoms with Gasteiger partial charge in [-0.25, -0.2) is 0 Å². The van der Waals surface area contributed by atoms with Crippen molar-refractivity contribution in [2.45, 2.75) is 60.0 Å². The molecular formula is C20H30O. The SMILES string of the molecule is Cc1ccccc1COC[C@@H]1C[C@@]2(C(C)C)CC[C@]1(C)C2. The zero-order valence-corrected chi connectivity index (χ0v) is 14.1. The third-order valence-electron chi connectivity index (χ3n) is 6.65. The predicted octanol–water partition coefficient (Wildman–Crippen LogP) is 5.36. The molecule has 0 aliphatic heterocycles. The molecule has 2 bridgehead atoms. The van der Waals surface area contributed by atoms with Gasteiger partial charge in [-0.15, -0.1) is 0 Å². The van der Waals surface area contributed by atoms with Gasteiger partial charge >= 0.3 is 0 Å². The topological polar surface area (TPSA) is 9.23 Å². The van der Waals surface area contributed by atoms with Crippen molar-refractivity contribution < 1.29 is 4.74 Å². The molecule has 0 aromatic heterocycles. The second-order valence-corrected chi connectivity index (χ2v) is 8.19. The molecule has 2 fully saturated rings. The lowest BCUT2D eigenvalue weighted by Gasteiger charge is -2.35. The van der Waals surface area contributed by atoms with Gasteiger partial charge in [-0.05, 0) is 66.4 Å². The minimum absolute atomic E-state index is 0.538. The van der Waals surface area contributed by atoms with Crippen LogP contribution in [0.15, 0.2) is 24.3 Å². The van der Waals surface area contributed by atoms with Crippen molar-refractivity contribution >= 4 is 0 Å². The summed E-state index contributed by atoms with van der Waals surface area (Å²) in [4.78, 5) is 0. The highest BCUT2D eigenvalue weighted by Gasteiger charge is 2.58. The summed E-state index contributed by atoms with van der Waals surface area (Å²) in [5.41, 5.74) is 3.83. The summed E-state index contributed by atoms with van der Waals surface area (Å²) in [5.74, 6) is 1.58. The van der Waals surface area contributed by atoms with E-state index in [0.717, 1.165) is 25.0 Å². The Morgan fingerprint density at radius 2 is 2.00 bits per heavy atom. The van der Waals surface area contributed by atoms with Crippen LogP contribution in [0.3, 0.4) is 0 Å². The first-order valence-corrected chi connectivity index (χ1v) is 8.57. The van der Waals surface area contributed by atoms with Crippen LogP contribution in [0, 0.1) is 29.6 Å². The normalized spacial score (nSPS) is 34.8. The molecule has 1 heteroatoms. The van der Waals surface area contributed by atoms with Gasteiger partial charge in [0.25, 0.3) is 0 Å². The van der Waals surface area contributed by atoms with Gasteiger partial charge in [-0.2, -0.15) is 0 Å². The summed E-state index contributed by atoms with van der Waals surface area (Å²) in [7, 11) is 0. The number of hydrogen-bond donors (Lipinski definition) is 0. The lowest BCUT2D eigenvalue weighted by Crippen LogP contribution is -2.29. The number of rotatable bonds is 5. The van der Waals surface area contributed by atoms with Crippen molar-refractivity contribution in [3.63, 3.8) is 0 Å². The Balaban J connectivity index is 1.59. The van der Waals surface area contributed by atoms with Gasteiger partial charge in [-0.1, -0.05) is 45.0 Å². The van der Waals surface area contributed by atoms with Crippen LogP contribution >= 0.6 is 0 Å². The van der Waals surface area contributed by atoms with Crippen LogP contribution in [0.4, 0.5) is 0 Å². The average molecular weight is 286 g/mol. The van der Waals surface area contributed by atoms with E-state index >= 15 is 0 Å². The minimum atomic E-state index is 0.538. The summed E-state index contributed by atoms with van der Waals surface area (Å²) in [6.45, 7) is 11.2. The summed E-state index contributed by atoms with van der Waals surface area (Å²) in [5, 5.41) is 0. The average Bonchev–Trinajstić information content (AvgIpc) is 2.93. The van der Waals surface area contributed by atoms with Gasteiger partial charge in [0.2, 0.25) is 0 Å². The fourth-order valence-electron chi connectivity index (χ4n) is 4.85. The van der Waals surface area contributed by atoms with E-state index in [0.29, 0.717) is 10.8 Å². The van der Waals surface area contributed by atoms with E-state index in [4.69, 9.17) is 4.74 Å². The molecule has 2 aliphatic carbocycles. The van der Waals surface area contributed by atoms with Crippen molar-refractivity contribution in [3.8, 4) is 0 Å². The van der Waals surface area contributed by atoms with E-state index in [2.05, 4.69) is 52.0 Å². The van der Waals surface area contributed by atoms with E-state index in [1.165, 1.54) is 36.8 Å². The van der Waals surface area contributed by atoms with Crippen LogP contribution in [0.2, 0.25) is 0 Å². The monoisotopic (exact) mass is 286 g/mol. The third-order valence-corrected chi connectivity index (χ3v) is 6.65. The molecule has 0 spiro atoms. The van der Waals surface area contributed by atoms with Gasteiger partial charge in [0, 0.05) is 0 Å². The Morgan fingerprint density at radius 1 is 1.24 bits per heavy atom. The van der Waals surface area contributed by atoms with Gasteiger partial charge in [0.1, 0.15) is 0 Å². The van der Waals surface area contributed by atoms with Crippen LogP contribution in [0.25, 0.3) is 0 Å². The standard InChI is InChI=1S/C20H30O/c1-15(2)20-10-9-19(4,14-20)18(11-20)13-21-12-17-8-6-5-7-16(17)3/h5-8,15,18H,9-14H2,1-4H3/t18-,19+,20-/m0/s1. The van der Waals surface area contributed by atoms with Crippen LogP contribution in [0.5, 0.6) is 0 Å². The van der Waals surface area contributed by atoms with E-state index in [1.807, 2.05) is 0 Å². The highest BCUT2D eigenvalue weighted by Crippen LogP contribution is 2.66.